The highest BCUT2D eigenvalue weighted by atomic mass is 79.9. The summed E-state index contributed by atoms with van der Waals surface area (Å²) in [7, 11) is 1.67. The van der Waals surface area contributed by atoms with Crippen LogP contribution < -0.4 is 0 Å². The highest BCUT2D eigenvalue weighted by Gasteiger charge is 2.22. The highest BCUT2D eigenvalue weighted by molar-refractivity contribution is 9.10. The Labute approximate surface area is 90.4 Å². The molecular weight excluding hydrogens is 250 g/mol. The zero-order valence-corrected chi connectivity index (χ0v) is 9.74. The van der Waals surface area contributed by atoms with Gasteiger partial charge in [0.2, 0.25) is 4.60 Å². The number of rotatable bonds is 4. The summed E-state index contributed by atoms with van der Waals surface area (Å²) in [6.45, 7) is 2.08. The van der Waals surface area contributed by atoms with E-state index in [1.165, 1.54) is 4.57 Å². The lowest BCUT2D eigenvalue weighted by Crippen LogP contribution is -2.01. The molecule has 0 bridgehead atoms. The van der Waals surface area contributed by atoms with Gasteiger partial charge in [-0.25, -0.2) is 4.57 Å². The molecule has 6 heteroatoms. The standard InChI is InChI=1S/C8H12BrN3O2/c1-3-4-5-6-7(9)10-8(11(6)2)12(13)14/h3-5H2,1-2H3. The van der Waals surface area contributed by atoms with Gasteiger partial charge in [0, 0.05) is 6.42 Å². The molecule has 0 fully saturated rings. The molecule has 0 N–H and O–H groups in total. The molecule has 0 aliphatic rings. The summed E-state index contributed by atoms with van der Waals surface area (Å²) >= 11 is 3.23. The molecule has 0 radical (unpaired) electrons. The zero-order chi connectivity index (χ0) is 10.7. The van der Waals surface area contributed by atoms with Crippen molar-refractivity contribution < 1.29 is 4.92 Å². The van der Waals surface area contributed by atoms with Gasteiger partial charge in [0.1, 0.15) is 5.69 Å². The molecule has 0 aliphatic carbocycles. The molecule has 78 valence electrons. The molecule has 0 unspecified atom stereocenters. The first-order valence-electron chi connectivity index (χ1n) is 4.43. The molecule has 5 nitrogen and oxygen atoms in total. The van der Waals surface area contributed by atoms with E-state index in [-0.39, 0.29) is 5.95 Å². The largest absolute Gasteiger partial charge is 0.435 e. The van der Waals surface area contributed by atoms with Crippen LogP contribution in [0.3, 0.4) is 0 Å². The Morgan fingerprint density at radius 2 is 2.29 bits per heavy atom. The van der Waals surface area contributed by atoms with Crippen molar-refractivity contribution in [3.63, 3.8) is 0 Å². The van der Waals surface area contributed by atoms with Crippen molar-refractivity contribution in [2.24, 2.45) is 7.05 Å². The van der Waals surface area contributed by atoms with Crippen LogP contribution in [0, 0.1) is 10.1 Å². The van der Waals surface area contributed by atoms with E-state index in [1.807, 2.05) is 0 Å². The smallest absolute Gasteiger partial charge is 0.390 e. The summed E-state index contributed by atoms with van der Waals surface area (Å²) in [6.07, 6.45) is 2.88. The van der Waals surface area contributed by atoms with Crippen molar-refractivity contribution in [2.75, 3.05) is 0 Å². The number of aromatic nitrogens is 2. The molecule has 0 aromatic carbocycles. The van der Waals surface area contributed by atoms with Gasteiger partial charge in [-0.05, 0) is 27.3 Å². The molecule has 1 heterocycles. The molecule has 0 spiro atoms. The van der Waals surface area contributed by atoms with Gasteiger partial charge in [-0.3, -0.25) is 0 Å². The quantitative estimate of drug-likeness (QED) is 0.618. The van der Waals surface area contributed by atoms with E-state index in [0.717, 1.165) is 25.0 Å². The highest BCUT2D eigenvalue weighted by Crippen LogP contribution is 2.22. The fourth-order valence-corrected chi connectivity index (χ4v) is 1.89. The SMILES string of the molecule is CCCCc1c(Br)nc([N+](=O)[O-])n1C. The lowest BCUT2D eigenvalue weighted by atomic mass is 10.2. The second kappa shape index (κ2) is 4.54. The van der Waals surface area contributed by atoms with E-state index in [1.54, 1.807) is 7.05 Å². The van der Waals surface area contributed by atoms with Crippen molar-refractivity contribution in [2.45, 2.75) is 26.2 Å². The van der Waals surface area contributed by atoms with Crippen LogP contribution in [0.2, 0.25) is 0 Å². The van der Waals surface area contributed by atoms with Gasteiger partial charge in [0.25, 0.3) is 0 Å². The summed E-state index contributed by atoms with van der Waals surface area (Å²) in [5, 5.41) is 10.6. The van der Waals surface area contributed by atoms with Crippen molar-refractivity contribution >= 4 is 21.9 Å². The number of imidazole rings is 1. The molecule has 1 aromatic rings. The van der Waals surface area contributed by atoms with Gasteiger partial charge in [-0.15, -0.1) is 0 Å². The normalized spacial score (nSPS) is 10.5. The van der Waals surface area contributed by atoms with Gasteiger partial charge in [0.05, 0.1) is 7.05 Å². The lowest BCUT2D eigenvalue weighted by molar-refractivity contribution is -0.396. The fraction of sp³-hybridized carbons (Fsp3) is 0.625. The molecule has 0 saturated carbocycles. The van der Waals surface area contributed by atoms with E-state index in [0.29, 0.717) is 4.60 Å². The van der Waals surface area contributed by atoms with Gasteiger partial charge in [-0.1, -0.05) is 18.3 Å². The Morgan fingerprint density at radius 3 is 2.71 bits per heavy atom. The molecule has 14 heavy (non-hydrogen) atoms. The minimum absolute atomic E-state index is 0.108. The third-order valence-corrected chi connectivity index (χ3v) is 2.71. The first-order valence-corrected chi connectivity index (χ1v) is 5.22. The summed E-state index contributed by atoms with van der Waals surface area (Å²) < 4.78 is 2.11. The Kier molecular flexibility index (Phi) is 3.62. The average Bonchev–Trinajstić information content (AvgIpc) is 2.40. The monoisotopic (exact) mass is 261 g/mol. The molecule has 0 saturated heterocycles. The minimum atomic E-state index is -0.472. The van der Waals surface area contributed by atoms with Crippen molar-refractivity contribution in [1.29, 1.82) is 0 Å². The number of unbranched alkanes of at least 4 members (excludes halogenated alkanes) is 1. The van der Waals surface area contributed by atoms with Crippen LogP contribution in [-0.4, -0.2) is 14.5 Å². The van der Waals surface area contributed by atoms with Gasteiger partial charge in [-0.2, -0.15) is 0 Å². The van der Waals surface area contributed by atoms with Crippen molar-refractivity contribution in [3.8, 4) is 0 Å². The van der Waals surface area contributed by atoms with E-state index in [4.69, 9.17) is 0 Å². The maximum absolute atomic E-state index is 10.6. The summed E-state index contributed by atoms with van der Waals surface area (Å²) in [4.78, 5) is 13.9. The van der Waals surface area contributed by atoms with Gasteiger partial charge in [0.15, 0.2) is 0 Å². The Balaban J connectivity index is 2.99. The number of nitro groups is 1. The lowest BCUT2D eigenvalue weighted by Gasteiger charge is -1.98. The fourth-order valence-electron chi connectivity index (χ4n) is 1.26. The van der Waals surface area contributed by atoms with E-state index in [9.17, 15) is 10.1 Å². The second-order valence-corrected chi connectivity index (χ2v) is 3.82. The number of nitrogens with zero attached hydrogens (tertiary/aromatic N) is 3. The summed E-state index contributed by atoms with van der Waals surface area (Å²) in [5.74, 6) is -0.108. The molecule has 1 aromatic heterocycles. The van der Waals surface area contributed by atoms with Crippen molar-refractivity contribution in [1.82, 2.24) is 9.55 Å². The first kappa shape index (κ1) is 11.2. The Bertz CT molecular complexity index is 349. The van der Waals surface area contributed by atoms with Crippen LogP contribution in [-0.2, 0) is 13.5 Å². The summed E-state index contributed by atoms with van der Waals surface area (Å²) in [5.41, 5.74) is 0.888. The van der Waals surface area contributed by atoms with Crippen LogP contribution in [0.5, 0.6) is 0 Å². The molecule has 0 atom stereocenters. The average molecular weight is 262 g/mol. The second-order valence-electron chi connectivity index (χ2n) is 3.07. The van der Waals surface area contributed by atoms with Gasteiger partial charge < -0.3 is 10.1 Å². The van der Waals surface area contributed by atoms with Crippen LogP contribution in [0.1, 0.15) is 25.5 Å². The third kappa shape index (κ3) is 2.12. The molecule has 1 rings (SSSR count). The maximum Gasteiger partial charge on any atom is 0.435 e. The predicted molar refractivity (Wildman–Crippen MR) is 56.2 cm³/mol. The Morgan fingerprint density at radius 1 is 1.64 bits per heavy atom. The van der Waals surface area contributed by atoms with Crippen LogP contribution in [0.25, 0.3) is 0 Å². The zero-order valence-electron chi connectivity index (χ0n) is 8.16. The van der Waals surface area contributed by atoms with Crippen LogP contribution in [0.15, 0.2) is 4.60 Å². The Hall–Kier alpha value is -0.910. The van der Waals surface area contributed by atoms with Crippen molar-refractivity contribution in [3.05, 3.63) is 20.4 Å². The number of hydrogen-bond acceptors (Lipinski definition) is 3. The first-order chi connectivity index (χ1) is 6.57. The van der Waals surface area contributed by atoms with E-state index >= 15 is 0 Å². The van der Waals surface area contributed by atoms with E-state index < -0.39 is 4.92 Å². The number of halogens is 1. The maximum atomic E-state index is 10.6. The molecular formula is C8H12BrN3O2. The van der Waals surface area contributed by atoms with Gasteiger partial charge >= 0.3 is 5.95 Å². The minimum Gasteiger partial charge on any atom is -0.390 e. The van der Waals surface area contributed by atoms with Crippen LogP contribution in [0.4, 0.5) is 5.95 Å². The van der Waals surface area contributed by atoms with E-state index in [2.05, 4.69) is 27.8 Å². The van der Waals surface area contributed by atoms with Crippen LogP contribution >= 0.6 is 15.9 Å². The summed E-state index contributed by atoms with van der Waals surface area (Å²) in [6, 6.07) is 0. The topological polar surface area (TPSA) is 61.0 Å². The molecule has 0 aliphatic heterocycles. The third-order valence-electron chi connectivity index (χ3n) is 2.07. The molecule has 0 amide bonds. The predicted octanol–water partition coefficient (Wildman–Crippen LogP) is 2.43. The number of hydrogen-bond donors (Lipinski definition) is 0.